The van der Waals surface area contributed by atoms with E-state index in [1.165, 1.54) is 18.2 Å². The summed E-state index contributed by atoms with van der Waals surface area (Å²) in [5.41, 5.74) is 1.55. The smallest absolute Gasteiger partial charge is 0.335 e. The molecule has 0 saturated carbocycles. The van der Waals surface area contributed by atoms with Crippen LogP contribution in [0.2, 0.25) is 0 Å². The second-order valence-electron chi connectivity index (χ2n) is 4.11. The molecule has 1 amide bonds. The van der Waals surface area contributed by atoms with Gasteiger partial charge in [-0.25, -0.2) is 4.79 Å². The Balaban J connectivity index is 2.20. The standard InChI is InChI=1S/C13H12N2O4/c1-7-5-9(13(17)18)3-4-10(7)14-12(16)11-6-8(2)19-15-11/h3-6H,1-2H3,(H,14,16)(H,17,18). The first-order valence-corrected chi connectivity index (χ1v) is 5.56. The Morgan fingerprint density at radius 2 is 2.00 bits per heavy atom. The van der Waals surface area contributed by atoms with Crippen molar-refractivity contribution < 1.29 is 19.2 Å². The highest BCUT2D eigenvalue weighted by Gasteiger charge is 2.13. The molecule has 0 bridgehead atoms. The van der Waals surface area contributed by atoms with E-state index in [0.29, 0.717) is 17.0 Å². The molecular formula is C13H12N2O4. The first kappa shape index (κ1) is 12.8. The van der Waals surface area contributed by atoms with Gasteiger partial charge in [0.15, 0.2) is 5.69 Å². The summed E-state index contributed by atoms with van der Waals surface area (Å²) >= 11 is 0. The van der Waals surface area contributed by atoms with Crippen LogP contribution in [0.25, 0.3) is 0 Å². The Morgan fingerprint density at radius 3 is 2.53 bits per heavy atom. The third kappa shape index (κ3) is 2.79. The number of nitrogens with one attached hydrogen (secondary N) is 1. The maximum Gasteiger partial charge on any atom is 0.335 e. The second-order valence-corrected chi connectivity index (χ2v) is 4.11. The molecule has 0 aliphatic rings. The van der Waals surface area contributed by atoms with E-state index in [9.17, 15) is 9.59 Å². The largest absolute Gasteiger partial charge is 0.478 e. The molecule has 98 valence electrons. The number of aromatic nitrogens is 1. The van der Waals surface area contributed by atoms with Gasteiger partial charge in [-0.3, -0.25) is 4.79 Å². The van der Waals surface area contributed by atoms with Crippen LogP contribution in [-0.2, 0) is 0 Å². The topological polar surface area (TPSA) is 92.4 Å². The summed E-state index contributed by atoms with van der Waals surface area (Å²) in [5.74, 6) is -0.862. The van der Waals surface area contributed by atoms with Gasteiger partial charge in [0.05, 0.1) is 5.56 Å². The van der Waals surface area contributed by atoms with E-state index in [2.05, 4.69) is 10.5 Å². The minimum absolute atomic E-state index is 0.174. The summed E-state index contributed by atoms with van der Waals surface area (Å²) in [4.78, 5) is 22.6. The molecule has 0 atom stereocenters. The average molecular weight is 260 g/mol. The minimum Gasteiger partial charge on any atom is -0.478 e. The lowest BCUT2D eigenvalue weighted by Gasteiger charge is -2.07. The fourth-order valence-corrected chi connectivity index (χ4v) is 1.60. The number of aryl methyl sites for hydroxylation is 2. The molecule has 6 heteroatoms. The van der Waals surface area contributed by atoms with Gasteiger partial charge in [0.2, 0.25) is 0 Å². The molecule has 0 aliphatic heterocycles. The molecule has 2 aromatic rings. The normalized spacial score (nSPS) is 10.2. The number of carbonyl (C=O) groups is 2. The van der Waals surface area contributed by atoms with Crippen molar-refractivity contribution in [2.45, 2.75) is 13.8 Å². The summed E-state index contributed by atoms with van der Waals surface area (Å²) in [7, 11) is 0. The van der Waals surface area contributed by atoms with Crippen molar-refractivity contribution in [3.8, 4) is 0 Å². The molecule has 1 heterocycles. The predicted molar refractivity (Wildman–Crippen MR) is 67.3 cm³/mol. The predicted octanol–water partition coefficient (Wildman–Crippen LogP) is 2.24. The van der Waals surface area contributed by atoms with Crippen molar-refractivity contribution in [1.29, 1.82) is 0 Å². The zero-order chi connectivity index (χ0) is 14.0. The number of benzene rings is 1. The average Bonchev–Trinajstić information content (AvgIpc) is 2.78. The van der Waals surface area contributed by atoms with E-state index in [1.54, 1.807) is 19.9 Å². The van der Waals surface area contributed by atoms with E-state index in [-0.39, 0.29) is 11.3 Å². The summed E-state index contributed by atoms with van der Waals surface area (Å²) in [6.07, 6.45) is 0. The van der Waals surface area contributed by atoms with E-state index >= 15 is 0 Å². The van der Waals surface area contributed by atoms with E-state index in [4.69, 9.17) is 9.63 Å². The van der Waals surface area contributed by atoms with Gasteiger partial charge in [-0.1, -0.05) is 5.16 Å². The van der Waals surface area contributed by atoms with Gasteiger partial charge in [-0.2, -0.15) is 0 Å². The number of carboxylic acid groups (broad SMARTS) is 1. The number of amides is 1. The van der Waals surface area contributed by atoms with Gasteiger partial charge in [0.25, 0.3) is 5.91 Å². The van der Waals surface area contributed by atoms with Crippen LogP contribution in [0.5, 0.6) is 0 Å². The van der Waals surface area contributed by atoms with Crippen LogP contribution >= 0.6 is 0 Å². The van der Waals surface area contributed by atoms with Gasteiger partial charge in [0, 0.05) is 11.8 Å². The first-order valence-electron chi connectivity index (χ1n) is 5.56. The van der Waals surface area contributed by atoms with E-state index < -0.39 is 11.9 Å². The van der Waals surface area contributed by atoms with Crippen LogP contribution in [-0.4, -0.2) is 22.1 Å². The van der Waals surface area contributed by atoms with E-state index in [0.717, 1.165) is 0 Å². The van der Waals surface area contributed by atoms with Crippen molar-refractivity contribution in [2.75, 3.05) is 5.32 Å². The van der Waals surface area contributed by atoms with E-state index in [1.807, 2.05) is 0 Å². The summed E-state index contributed by atoms with van der Waals surface area (Å²) in [6, 6.07) is 5.99. The number of hydrogen-bond donors (Lipinski definition) is 2. The molecule has 0 fully saturated rings. The maximum absolute atomic E-state index is 11.8. The summed E-state index contributed by atoms with van der Waals surface area (Å²) in [6.45, 7) is 3.41. The van der Waals surface area contributed by atoms with Gasteiger partial charge < -0.3 is 14.9 Å². The van der Waals surface area contributed by atoms with Crippen molar-refractivity contribution >= 4 is 17.6 Å². The number of hydrogen-bond acceptors (Lipinski definition) is 4. The molecule has 0 unspecified atom stereocenters. The summed E-state index contributed by atoms with van der Waals surface area (Å²) < 4.78 is 4.82. The highest BCUT2D eigenvalue weighted by atomic mass is 16.5. The molecule has 1 aromatic heterocycles. The molecule has 0 radical (unpaired) electrons. The molecule has 6 nitrogen and oxygen atoms in total. The monoisotopic (exact) mass is 260 g/mol. The molecule has 2 rings (SSSR count). The SMILES string of the molecule is Cc1cc(C(=O)Nc2ccc(C(=O)O)cc2C)no1. The van der Waals surface area contributed by atoms with Crippen molar-refractivity contribution in [3.63, 3.8) is 0 Å². The first-order chi connectivity index (χ1) is 8.97. The van der Waals surface area contributed by atoms with Crippen molar-refractivity contribution in [2.24, 2.45) is 0 Å². The third-order valence-corrected chi connectivity index (χ3v) is 2.58. The molecule has 19 heavy (non-hydrogen) atoms. The van der Waals surface area contributed by atoms with Gasteiger partial charge in [-0.05, 0) is 37.6 Å². The summed E-state index contributed by atoms with van der Waals surface area (Å²) in [5, 5.41) is 15.1. The lowest BCUT2D eigenvalue weighted by Crippen LogP contribution is -2.13. The quantitative estimate of drug-likeness (QED) is 0.882. The number of rotatable bonds is 3. The zero-order valence-electron chi connectivity index (χ0n) is 10.4. The molecule has 2 N–H and O–H groups in total. The number of carbonyl (C=O) groups excluding carboxylic acids is 1. The number of carboxylic acids is 1. The lowest BCUT2D eigenvalue weighted by atomic mass is 10.1. The zero-order valence-corrected chi connectivity index (χ0v) is 10.4. The number of nitrogens with zero attached hydrogens (tertiary/aromatic N) is 1. The number of anilines is 1. The van der Waals surface area contributed by atoms with Crippen molar-refractivity contribution in [3.05, 3.63) is 46.8 Å². The highest BCUT2D eigenvalue weighted by molar-refractivity contribution is 6.03. The van der Waals surface area contributed by atoms with Gasteiger partial charge >= 0.3 is 5.97 Å². The minimum atomic E-state index is -1.01. The molecule has 0 aliphatic carbocycles. The van der Waals surface area contributed by atoms with Crippen LogP contribution in [0, 0.1) is 13.8 Å². The Morgan fingerprint density at radius 1 is 1.26 bits per heavy atom. The van der Waals surface area contributed by atoms with Crippen molar-refractivity contribution in [1.82, 2.24) is 5.16 Å². The van der Waals surface area contributed by atoms with Gasteiger partial charge in [-0.15, -0.1) is 0 Å². The fourth-order valence-electron chi connectivity index (χ4n) is 1.60. The van der Waals surface area contributed by atoms with Crippen LogP contribution < -0.4 is 5.32 Å². The van der Waals surface area contributed by atoms with Crippen LogP contribution in [0.3, 0.4) is 0 Å². The Kier molecular flexibility index (Phi) is 3.33. The van der Waals surface area contributed by atoms with Crippen LogP contribution in [0.4, 0.5) is 5.69 Å². The molecule has 0 spiro atoms. The van der Waals surface area contributed by atoms with Crippen LogP contribution in [0.1, 0.15) is 32.2 Å². The Hall–Kier alpha value is -2.63. The Labute approximate surface area is 109 Å². The van der Waals surface area contributed by atoms with Gasteiger partial charge in [0.1, 0.15) is 5.76 Å². The Bertz CT molecular complexity index is 646. The maximum atomic E-state index is 11.8. The highest BCUT2D eigenvalue weighted by Crippen LogP contribution is 2.17. The fraction of sp³-hybridized carbons (Fsp3) is 0.154. The van der Waals surface area contributed by atoms with Crippen LogP contribution in [0.15, 0.2) is 28.8 Å². The number of aromatic carboxylic acids is 1. The second kappa shape index (κ2) is 4.93. The molecular weight excluding hydrogens is 248 g/mol. The third-order valence-electron chi connectivity index (χ3n) is 2.58. The lowest BCUT2D eigenvalue weighted by molar-refractivity contribution is 0.0696. The molecule has 1 aromatic carbocycles. The molecule has 0 saturated heterocycles.